The predicted octanol–water partition coefficient (Wildman–Crippen LogP) is 3.59. The normalized spacial score (nSPS) is 10.8. The summed E-state index contributed by atoms with van der Waals surface area (Å²) in [7, 11) is 4.22. The lowest BCUT2D eigenvalue weighted by molar-refractivity contribution is -0.660. The van der Waals surface area contributed by atoms with Crippen molar-refractivity contribution in [2.75, 3.05) is 0 Å². The fourth-order valence-electron chi connectivity index (χ4n) is 3.16. The van der Waals surface area contributed by atoms with E-state index in [1.807, 2.05) is 0 Å². The van der Waals surface area contributed by atoms with Gasteiger partial charge in [0.05, 0.1) is 0 Å². The summed E-state index contributed by atoms with van der Waals surface area (Å²) in [5.41, 5.74) is 8.93. The Morgan fingerprint density at radius 3 is 2.09 bits per heavy atom. The van der Waals surface area contributed by atoms with E-state index in [2.05, 4.69) is 98.9 Å². The topological polar surface area (TPSA) is 7.76 Å². The first-order chi connectivity index (χ1) is 11.0. The Morgan fingerprint density at radius 1 is 0.696 bits per heavy atom. The van der Waals surface area contributed by atoms with Gasteiger partial charge in [-0.25, -0.2) is 9.13 Å². The van der Waals surface area contributed by atoms with Gasteiger partial charge in [0.25, 0.3) is 0 Å². The smallest absolute Gasteiger partial charge is 0.201 e. The van der Waals surface area contributed by atoms with E-state index in [-0.39, 0.29) is 0 Å². The second-order valence-electron chi connectivity index (χ2n) is 6.38. The molecule has 1 aromatic carbocycles. The molecule has 0 atom stereocenters. The first kappa shape index (κ1) is 15.4. The molecule has 116 valence electrons. The number of nitrogens with zero attached hydrogens (tertiary/aromatic N) is 2. The third-order valence-electron chi connectivity index (χ3n) is 4.47. The quantitative estimate of drug-likeness (QED) is 0.639. The molecule has 0 N–H and O–H groups in total. The van der Waals surface area contributed by atoms with Gasteiger partial charge in [0, 0.05) is 34.9 Å². The van der Waals surface area contributed by atoms with Crippen LogP contribution in [0.15, 0.2) is 54.9 Å². The van der Waals surface area contributed by atoms with Crippen LogP contribution in [0.25, 0.3) is 22.5 Å². The average Bonchev–Trinajstić information content (AvgIpc) is 2.51. The second kappa shape index (κ2) is 5.96. The molecule has 0 amide bonds. The van der Waals surface area contributed by atoms with Gasteiger partial charge in [-0.3, -0.25) is 0 Å². The minimum atomic E-state index is 1.24. The van der Waals surface area contributed by atoms with E-state index < -0.39 is 0 Å². The molecular formula is C21H24N2+2. The third-order valence-corrected chi connectivity index (χ3v) is 4.47. The highest BCUT2D eigenvalue weighted by atomic mass is 14.9. The second-order valence-corrected chi connectivity index (χ2v) is 6.38. The van der Waals surface area contributed by atoms with Crippen molar-refractivity contribution in [3.63, 3.8) is 0 Å². The van der Waals surface area contributed by atoms with Crippen LogP contribution in [0, 0.1) is 20.8 Å². The fourth-order valence-corrected chi connectivity index (χ4v) is 3.16. The number of hydrogen-bond donors (Lipinski definition) is 0. The summed E-state index contributed by atoms with van der Waals surface area (Å²) >= 11 is 0. The molecule has 0 saturated carbocycles. The SMILES string of the molecule is Cc1cc[n+](C)c(-c2cccc(-c3ccc(C)c[n+]3C)c2C)c1. The molecule has 2 heteroatoms. The molecule has 2 aromatic heterocycles. The summed E-state index contributed by atoms with van der Waals surface area (Å²) in [6, 6.07) is 15.3. The highest BCUT2D eigenvalue weighted by molar-refractivity contribution is 5.73. The molecule has 0 saturated heterocycles. The lowest BCUT2D eigenvalue weighted by Crippen LogP contribution is -2.32. The standard InChI is InChI=1S/C21H24N2/c1-15-11-12-22(4)21(13-15)19-8-6-7-18(17(19)3)20-10-9-16(2)14-23(20)5/h6-14H,1-5H3/q+2. The van der Waals surface area contributed by atoms with Gasteiger partial charge in [0.15, 0.2) is 12.4 Å². The van der Waals surface area contributed by atoms with Gasteiger partial charge < -0.3 is 0 Å². The molecule has 0 spiro atoms. The zero-order valence-electron chi connectivity index (χ0n) is 14.6. The number of benzene rings is 1. The summed E-state index contributed by atoms with van der Waals surface area (Å²) in [4.78, 5) is 0. The zero-order chi connectivity index (χ0) is 16.6. The maximum Gasteiger partial charge on any atom is 0.212 e. The Kier molecular flexibility index (Phi) is 3.99. The molecule has 0 aliphatic rings. The minimum Gasteiger partial charge on any atom is -0.201 e. The van der Waals surface area contributed by atoms with Crippen molar-refractivity contribution in [2.45, 2.75) is 20.8 Å². The molecule has 0 fully saturated rings. The van der Waals surface area contributed by atoms with Crippen LogP contribution in [0.3, 0.4) is 0 Å². The molecule has 0 aliphatic carbocycles. The Bertz CT molecular complexity index is 879. The summed E-state index contributed by atoms with van der Waals surface area (Å²) in [6.45, 7) is 6.48. The Morgan fingerprint density at radius 2 is 1.39 bits per heavy atom. The summed E-state index contributed by atoms with van der Waals surface area (Å²) in [6.07, 6.45) is 4.30. The van der Waals surface area contributed by atoms with Crippen LogP contribution in [0.5, 0.6) is 0 Å². The lowest BCUT2D eigenvalue weighted by Gasteiger charge is -2.10. The van der Waals surface area contributed by atoms with E-state index in [4.69, 9.17) is 0 Å². The molecule has 23 heavy (non-hydrogen) atoms. The van der Waals surface area contributed by atoms with E-state index in [9.17, 15) is 0 Å². The van der Waals surface area contributed by atoms with Gasteiger partial charge in [-0.05, 0) is 50.1 Å². The lowest BCUT2D eigenvalue weighted by atomic mass is 9.96. The Balaban J connectivity index is 2.21. The number of rotatable bonds is 2. The van der Waals surface area contributed by atoms with Crippen molar-refractivity contribution >= 4 is 0 Å². The zero-order valence-corrected chi connectivity index (χ0v) is 14.6. The molecule has 3 aromatic rings. The first-order valence-electron chi connectivity index (χ1n) is 8.00. The van der Waals surface area contributed by atoms with Crippen LogP contribution in [0.2, 0.25) is 0 Å². The minimum absolute atomic E-state index is 1.24. The molecule has 3 rings (SSSR count). The Labute approximate surface area is 138 Å². The van der Waals surface area contributed by atoms with Gasteiger partial charge in [-0.2, -0.15) is 0 Å². The van der Waals surface area contributed by atoms with Crippen LogP contribution in [-0.2, 0) is 14.1 Å². The first-order valence-corrected chi connectivity index (χ1v) is 8.00. The van der Waals surface area contributed by atoms with Crippen molar-refractivity contribution in [3.8, 4) is 22.5 Å². The van der Waals surface area contributed by atoms with Crippen LogP contribution >= 0.6 is 0 Å². The molecule has 0 aliphatic heterocycles. The van der Waals surface area contributed by atoms with E-state index in [1.54, 1.807) is 0 Å². The van der Waals surface area contributed by atoms with Crippen LogP contribution in [-0.4, -0.2) is 0 Å². The molecule has 2 heterocycles. The average molecular weight is 304 g/mol. The molecule has 0 bridgehead atoms. The number of hydrogen-bond acceptors (Lipinski definition) is 0. The van der Waals surface area contributed by atoms with E-state index in [0.29, 0.717) is 0 Å². The summed E-state index contributed by atoms with van der Waals surface area (Å²) in [5, 5.41) is 0. The van der Waals surface area contributed by atoms with Crippen molar-refractivity contribution in [3.05, 3.63) is 71.5 Å². The summed E-state index contributed by atoms with van der Waals surface area (Å²) < 4.78 is 4.39. The fraction of sp³-hybridized carbons (Fsp3) is 0.238. The highest BCUT2D eigenvalue weighted by Crippen LogP contribution is 2.29. The van der Waals surface area contributed by atoms with Crippen molar-refractivity contribution < 1.29 is 9.13 Å². The number of aryl methyl sites for hydroxylation is 4. The maximum atomic E-state index is 2.25. The van der Waals surface area contributed by atoms with Gasteiger partial charge in [-0.1, -0.05) is 6.07 Å². The van der Waals surface area contributed by atoms with Gasteiger partial charge in [0.2, 0.25) is 11.4 Å². The molecular weight excluding hydrogens is 280 g/mol. The van der Waals surface area contributed by atoms with Gasteiger partial charge >= 0.3 is 0 Å². The van der Waals surface area contributed by atoms with E-state index in [1.165, 1.54) is 39.2 Å². The third kappa shape index (κ3) is 2.89. The Hall–Kier alpha value is -2.48. The number of aromatic nitrogens is 2. The molecule has 0 radical (unpaired) electrons. The number of pyridine rings is 2. The van der Waals surface area contributed by atoms with Crippen molar-refractivity contribution in [2.24, 2.45) is 14.1 Å². The highest BCUT2D eigenvalue weighted by Gasteiger charge is 2.18. The largest absolute Gasteiger partial charge is 0.212 e. The predicted molar refractivity (Wildman–Crippen MR) is 93.9 cm³/mol. The molecule has 2 nitrogen and oxygen atoms in total. The van der Waals surface area contributed by atoms with Crippen LogP contribution < -0.4 is 9.13 Å². The van der Waals surface area contributed by atoms with Crippen molar-refractivity contribution in [1.29, 1.82) is 0 Å². The van der Waals surface area contributed by atoms with E-state index in [0.717, 1.165) is 0 Å². The van der Waals surface area contributed by atoms with E-state index >= 15 is 0 Å². The van der Waals surface area contributed by atoms with Gasteiger partial charge in [-0.15, -0.1) is 0 Å². The molecule has 0 unspecified atom stereocenters. The van der Waals surface area contributed by atoms with Crippen LogP contribution in [0.1, 0.15) is 16.7 Å². The maximum absolute atomic E-state index is 2.25. The monoisotopic (exact) mass is 304 g/mol. The summed E-state index contributed by atoms with van der Waals surface area (Å²) in [5.74, 6) is 0. The van der Waals surface area contributed by atoms with Gasteiger partial charge in [0.1, 0.15) is 14.1 Å². The van der Waals surface area contributed by atoms with Crippen LogP contribution in [0.4, 0.5) is 0 Å². The van der Waals surface area contributed by atoms with Crippen molar-refractivity contribution in [1.82, 2.24) is 0 Å².